The number of benzene rings is 1. The summed E-state index contributed by atoms with van der Waals surface area (Å²) < 4.78 is 6.21. The highest BCUT2D eigenvalue weighted by Crippen LogP contribution is 2.41. The largest absolute Gasteiger partial charge is 0.489 e. The second kappa shape index (κ2) is 7.24. The molecule has 1 heterocycles. The molecule has 0 aliphatic heterocycles. The summed E-state index contributed by atoms with van der Waals surface area (Å²) in [6.45, 7) is 0. The first-order valence-corrected chi connectivity index (χ1v) is 10.2. The molecule has 4 nitrogen and oxygen atoms in total. The molecule has 140 valence electrons. The number of halogens is 1. The molecule has 2 saturated carbocycles. The molecule has 1 aromatic carbocycles. The maximum Gasteiger partial charge on any atom is 0.255 e. The van der Waals surface area contributed by atoms with Gasteiger partial charge in [0.2, 0.25) is 0 Å². The molecule has 0 unspecified atom stereocenters. The van der Waals surface area contributed by atoms with Crippen molar-refractivity contribution in [1.29, 1.82) is 0 Å². The second-order valence-electron chi connectivity index (χ2n) is 8.06. The van der Waals surface area contributed by atoms with Gasteiger partial charge in [-0.3, -0.25) is 4.79 Å². The van der Waals surface area contributed by atoms with Crippen LogP contribution >= 0.6 is 11.6 Å². The summed E-state index contributed by atoms with van der Waals surface area (Å²) in [7, 11) is 0. The van der Waals surface area contributed by atoms with Crippen molar-refractivity contribution in [3.05, 3.63) is 39.8 Å². The van der Waals surface area contributed by atoms with Crippen molar-refractivity contribution in [3.8, 4) is 5.75 Å². The maximum atomic E-state index is 11.9. The fraction of sp³-hybridized carbons (Fsp3) is 0.571. The molecule has 0 spiro atoms. The van der Waals surface area contributed by atoms with Gasteiger partial charge in [-0.05, 0) is 68.0 Å². The van der Waals surface area contributed by atoms with Crippen LogP contribution < -0.4 is 16.0 Å². The average Bonchev–Trinajstić information content (AvgIpc) is 2.66. The highest BCUT2D eigenvalue weighted by atomic mass is 35.5. The molecule has 0 saturated heterocycles. The summed E-state index contributed by atoms with van der Waals surface area (Å²) in [5.74, 6) is 1.34. The number of rotatable bonds is 3. The summed E-state index contributed by atoms with van der Waals surface area (Å²) in [6.07, 6.45) is 12.4. The van der Waals surface area contributed by atoms with Gasteiger partial charge in [-0.1, -0.05) is 30.9 Å². The molecular formula is C21H27ClN2O2. The van der Waals surface area contributed by atoms with Gasteiger partial charge in [0, 0.05) is 17.1 Å². The predicted molar refractivity (Wildman–Crippen MR) is 106 cm³/mol. The third-order valence-corrected chi connectivity index (χ3v) is 6.70. The topological polar surface area (TPSA) is 68.1 Å². The van der Waals surface area contributed by atoms with Crippen LogP contribution in [-0.4, -0.2) is 16.6 Å². The fourth-order valence-corrected chi connectivity index (χ4v) is 5.00. The van der Waals surface area contributed by atoms with E-state index in [0.29, 0.717) is 22.1 Å². The highest BCUT2D eigenvalue weighted by molar-refractivity contribution is 6.32. The van der Waals surface area contributed by atoms with E-state index in [1.54, 1.807) is 12.3 Å². The Morgan fingerprint density at radius 2 is 1.85 bits per heavy atom. The van der Waals surface area contributed by atoms with Crippen molar-refractivity contribution < 1.29 is 4.74 Å². The normalized spacial score (nSPS) is 27.5. The Morgan fingerprint density at radius 1 is 1.12 bits per heavy atom. The lowest BCUT2D eigenvalue weighted by Gasteiger charge is -2.44. The number of hydrogen-bond donors (Lipinski definition) is 2. The minimum atomic E-state index is -0.131. The van der Waals surface area contributed by atoms with Gasteiger partial charge in [0.05, 0.1) is 11.1 Å². The maximum absolute atomic E-state index is 11.9. The average molecular weight is 375 g/mol. The molecule has 26 heavy (non-hydrogen) atoms. The lowest BCUT2D eigenvalue weighted by Crippen LogP contribution is -2.51. The Labute approximate surface area is 159 Å². The lowest BCUT2D eigenvalue weighted by atomic mass is 9.67. The van der Waals surface area contributed by atoms with E-state index in [2.05, 4.69) is 4.98 Å². The van der Waals surface area contributed by atoms with Gasteiger partial charge in [-0.25, -0.2) is 0 Å². The molecule has 0 bridgehead atoms. The van der Waals surface area contributed by atoms with Crippen LogP contribution in [0.3, 0.4) is 0 Å². The highest BCUT2D eigenvalue weighted by Gasteiger charge is 2.39. The number of aromatic nitrogens is 1. The van der Waals surface area contributed by atoms with E-state index in [1.807, 2.05) is 12.1 Å². The van der Waals surface area contributed by atoms with Crippen LogP contribution in [0.4, 0.5) is 0 Å². The molecule has 2 aromatic rings. The van der Waals surface area contributed by atoms with Crippen molar-refractivity contribution in [3.63, 3.8) is 0 Å². The monoisotopic (exact) mass is 374 g/mol. The van der Waals surface area contributed by atoms with Gasteiger partial charge in [-0.2, -0.15) is 0 Å². The first kappa shape index (κ1) is 17.9. The minimum Gasteiger partial charge on any atom is -0.489 e. The number of fused-ring (bicyclic) bond motifs is 1. The molecule has 3 N–H and O–H groups in total. The van der Waals surface area contributed by atoms with Crippen molar-refractivity contribution in [2.75, 3.05) is 0 Å². The number of hydrogen-bond acceptors (Lipinski definition) is 3. The fourth-order valence-electron chi connectivity index (χ4n) is 4.79. The molecule has 4 rings (SSSR count). The zero-order valence-electron chi connectivity index (χ0n) is 15.1. The molecule has 2 fully saturated rings. The number of H-pyrrole nitrogens is 1. The van der Waals surface area contributed by atoms with Gasteiger partial charge >= 0.3 is 0 Å². The van der Waals surface area contributed by atoms with Crippen LogP contribution in [0.25, 0.3) is 10.8 Å². The van der Waals surface area contributed by atoms with E-state index in [4.69, 9.17) is 22.1 Å². The van der Waals surface area contributed by atoms with Crippen molar-refractivity contribution in [1.82, 2.24) is 4.98 Å². The van der Waals surface area contributed by atoms with Crippen molar-refractivity contribution in [2.24, 2.45) is 11.7 Å². The SMILES string of the molecule is NC1(C2CCCCC2)CCC(Oc2cc3cc[nH]c(=O)c3cc2Cl)CC1. The molecule has 5 heteroatoms. The number of pyridine rings is 1. The smallest absolute Gasteiger partial charge is 0.255 e. The van der Waals surface area contributed by atoms with Gasteiger partial charge in [0.15, 0.2) is 0 Å². The molecule has 2 aliphatic carbocycles. The van der Waals surface area contributed by atoms with Gasteiger partial charge in [-0.15, -0.1) is 0 Å². The quantitative estimate of drug-likeness (QED) is 0.812. The van der Waals surface area contributed by atoms with E-state index in [1.165, 1.54) is 32.1 Å². The van der Waals surface area contributed by atoms with E-state index in [9.17, 15) is 4.79 Å². The van der Waals surface area contributed by atoms with Crippen LogP contribution in [0.2, 0.25) is 5.02 Å². The van der Waals surface area contributed by atoms with E-state index in [0.717, 1.165) is 31.1 Å². The van der Waals surface area contributed by atoms with Crippen LogP contribution in [0.1, 0.15) is 57.8 Å². The Hall–Kier alpha value is -1.52. The van der Waals surface area contributed by atoms with Crippen LogP contribution in [-0.2, 0) is 0 Å². The molecule has 1 aromatic heterocycles. The third-order valence-electron chi connectivity index (χ3n) is 6.40. The minimum absolute atomic E-state index is 0.0131. The zero-order valence-corrected chi connectivity index (χ0v) is 15.9. The summed E-state index contributed by atoms with van der Waals surface area (Å²) >= 11 is 6.37. The number of aromatic amines is 1. The van der Waals surface area contributed by atoms with Crippen molar-refractivity contribution >= 4 is 22.4 Å². The van der Waals surface area contributed by atoms with E-state index in [-0.39, 0.29) is 17.2 Å². The van der Waals surface area contributed by atoms with Gasteiger partial charge < -0.3 is 15.5 Å². The zero-order chi connectivity index (χ0) is 18.1. The summed E-state index contributed by atoms with van der Waals surface area (Å²) in [5.41, 5.74) is 6.65. The Kier molecular flexibility index (Phi) is 4.98. The van der Waals surface area contributed by atoms with E-state index >= 15 is 0 Å². The molecule has 0 radical (unpaired) electrons. The molecule has 2 aliphatic rings. The number of ether oxygens (including phenoxy) is 1. The van der Waals surface area contributed by atoms with Crippen LogP contribution in [0, 0.1) is 5.92 Å². The standard InChI is InChI=1S/C21H27ClN2O2/c22-18-13-17-14(8-11-24-20(17)25)12-19(18)26-16-6-9-21(23,10-7-16)15-4-2-1-3-5-15/h8,11-13,15-16H,1-7,9-10,23H2,(H,24,25). The first-order chi connectivity index (χ1) is 12.5. The molecule has 0 amide bonds. The Balaban J connectivity index is 1.45. The molecule has 0 atom stereocenters. The predicted octanol–water partition coefficient (Wildman–Crippen LogP) is 4.78. The van der Waals surface area contributed by atoms with Crippen molar-refractivity contribution in [2.45, 2.75) is 69.4 Å². The third kappa shape index (κ3) is 3.49. The summed E-state index contributed by atoms with van der Waals surface area (Å²) in [5, 5.41) is 1.93. The Morgan fingerprint density at radius 3 is 2.58 bits per heavy atom. The number of nitrogens with two attached hydrogens (primary N) is 1. The summed E-state index contributed by atoms with van der Waals surface area (Å²) in [4.78, 5) is 14.6. The molecular weight excluding hydrogens is 348 g/mol. The second-order valence-corrected chi connectivity index (χ2v) is 8.47. The van der Waals surface area contributed by atoms with Crippen LogP contribution in [0.15, 0.2) is 29.2 Å². The van der Waals surface area contributed by atoms with Crippen LogP contribution in [0.5, 0.6) is 5.75 Å². The van der Waals surface area contributed by atoms with Gasteiger partial charge in [0.25, 0.3) is 5.56 Å². The van der Waals surface area contributed by atoms with E-state index < -0.39 is 0 Å². The van der Waals surface area contributed by atoms with Gasteiger partial charge in [0.1, 0.15) is 5.75 Å². The Bertz CT molecular complexity index is 834. The number of nitrogens with one attached hydrogen (secondary N) is 1. The lowest BCUT2D eigenvalue weighted by molar-refractivity contribution is 0.0785. The summed E-state index contributed by atoms with van der Waals surface area (Å²) in [6, 6.07) is 5.44. The first-order valence-electron chi connectivity index (χ1n) is 9.82.